The molecule has 4 unspecified atom stereocenters. The zero-order valence-electron chi connectivity index (χ0n) is 10.4. The molecule has 5 nitrogen and oxygen atoms in total. The largest absolute Gasteiger partial charge is 0.469 e. The highest BCUT2D eigenvalue weighted by Crippen LogP contribution is 2.37. The van der Waals surface area contributed by atoms with Crippen LogP contribution >= 0.6 is 0 Å². The molecule has 1 aliphatic heterocycles. The summed E-state index contributed by atoms with van der Waals surface area (Å²) in [5.41, 5.74) is 6.63. The molecule has 1 saturated heterocycles. The van der Waals surface area contributed by atoms with Gasteiger partial charge in [0, 0.05) is 18.6 Å². The van der Waals surface area contributed by atoms with E-state index in [4.69, 9.17) is 14.9 Å². The van der Waals surface area contributed by atoms with E-state index in [1.54, 1.807) is 6.07 Å². The molecular formula is C13H18N2O3. The van der Waals surface area contributed by atoms with Gasteiger partial charge in [0.15, 0.2) is 0 Å². The van der Waals surface area contributed by atoms with Gasteiger partial charge in [0.25, 0.3) is 5.91 Å². The maximum absolute atomic E-state index is 12.0. The van der Waals surface area contributed by atoms with E-state index in [0.717, 1.165) is 25.2 Å². The van der Waals surface area contributed by atoms with Crippen LogP contribution < -0.4 is 11.1 Å². The van der Waals surface area contributed by atoms with Crippen molar-refractivity contribution in [1.29, 1.82) is 0 Å². The Balaban J connectivity index is 1.64. The molecule has 0 spiro atoms. The molecule has 98 valence electrons. The third-order valence-electron chi connectivity index (χ3n) is 3.97. The fraction of sp³-hybridized carbons (Fsp3) is 0.615. The fourth-order valence-electron chi connectivity index (χ4n) is 2.92. The highest BCUT2D eigenvalue weighted by molar-refractivity contribution is 5.94. The molecule has 3 N–H and O–H groups in total. The molecule has 3 rings (SSSR count). The van der Waals surface area contributed by atoms with E-state index in [9.17, 15) is 4.79 Å². The summed E-state index contributed by atoms with van der Waals surface area (Å²) in [5, 5.41) is 2.95. The van der Waals surface area contributed by atoms with Gasteiger partial charge in [0.05, 0.1) is 17.7 Å². The Morgan fingerprint density at radius 3 is 3.11 bits per heavy atom. The van der Waals surface area contributed by atoms with E-state index in [0.29, 0.717) is 11.5 Å². The van der Waals surface area contributed by atoms with Crippen molar-refractivity contribution in [3.63, 3.8) is 0 Å². The first-order valence-corrected chi connectivity index (χ1v) is 6.40. The SMILES string of the molecule is Cc1cc(C(=O)NC2C(N)C3CCCOC32)co1. The van der Waals surface area contributed by atoms with Crippen molar-refractivity contribution in [2.75, 3.05) is 6.61 Å². The number of fused-ring (bicyclic) bond motifs is 1. The van der Waals surface area contributed by atoms with Gasteiger partial charge in [0.2, 0.25) is 0 Å². The molecule has 0 radical (unpaired) electrons. The summed E-state index contributed by atoms with van der Waals surface area (Å²) in [7, 11) is 0. The number of carbonyl (C=O) groups excluding carboxylic acids is 1. The number of furan rings is 1. The smallest absolute Gasteiger partial charge is 0.254 e. The second-order valence-corrected chi connectivity index (χ2v) is 5.16. The molecular weight excluding hydrogens is 232 g/mol. The van der Waals surface area contributed by atoms with E-state index in [1.807, 2.05) is 6.92 Å². The van der Waals surface area contributed by atoms with Crippen LogP contribution in [0.5, 0.6) is 0 Å². The van der Waals surface area contributed by atoms with Crippen LogP contribution in [-0.4, -0.2) is 30.7 Å². The van der Waals surface area contributed by atoms with Crippen LogP contribution in [0.1, 0.15) is 29.0 Å². The van der Waals surface area contributed by atoms with Gasteiger partial charge < -0.3 is 20.2 Å². The Labute approximate surface area is 106 Å². The van der Waals surface area contributed by atoms with Crippen LogP contribution in [0, 0.1) is 12.8 Å². The lowest BCUT2D eigenvalue weighted by Gasteiger charge is -2.52. The zero-order valence-corrected chi connectivity index (χ0v) is 10.4. The first kappa shape index (κ1) is 11.7. The number of nitrogens with two attached hydrogens (primary N) is 1. The molecule has 1 amide bonds. The predicted octanol–water partition coefficient (Wildman–Crippen LogP) is 0.823. The van der Waals surface area contributed by atoms with E-state index < -0.39 is 0 Å². The monoisotopic (exact) mass is 250 g/mol. The number of ether oxygens (including phenoxy) is 1. The lowest BCUT2D eigenvalue weighted by atomic mass is 9.68. The number of hydrogen-bond donors (Lipinski definition) is 2. The molecule has 0 bridgehead atoms. The first-order chi connectivity index (χ1) is 8.66. The Morgan fingerprint density at radius 1 is 1.56 bits per heavy atom. The average Bonchev–Trinajstić information content (AvgIpc) is 2.82. The summed E-state index contributed by atoms with van der Waals surface area (Å²) >= 11 is 0. The van der Waals surface area contributed by atoms with Crippen molar-refractivity contribution in [2.24, 2.45) is 11.7 Å². The molecule has 2 heterocycles. The summed E-state index contributed by atoms with van der Waals surface area (Å²) in [6.07, 6.45) is 3.72. The second kappa shape index (κ2) is 4.40. The Morgan fingerprint density at radius 2 is 2.39 bits per heavy atom. The number of carbonyl (C=O) groups is 1. The Hall–Kier alpha value is -1.33. The number of aryl methyl sites for hydroxylation is 1. The van der Waals surface area contributed by atoms with Gasteiger partial charge in [-0.2, -0.15) is 0 Å². The van der Waals surface area contributed by atoms with Crippen LogP contribution in [0.15, 0.2) is 16.7 Å². The van der Waals surface area contributed by atoms with Crippen LogP contribution in [0.2, 0.25) is 0 Å². The highest BCUT2D eigenvalue weighted by Gasteiger charge is 2.51. The van der Waals surface area contributed by atoms with E-state index >= 15 is 0 Å². The predicted molar refractivity (Wildman–Crippen MR) is 65.1 cm³/mol. The Kier molecular flexibility index (Phi) is 2.87. The first-order valence-electron chi connectivity index (χ1n) is 6.40. The third kappa shape index (κ3) is 1.83. The normalized spacial score (nSPS) is 34.6. The minimum absolute atomic E-state index is 0.00671. The summed E-state index contributed by atoms with van der Waals surface area (Å²) in [6, 6.07) is 1.66. The molecule has 2 fully saturated rings. The summed E-state index contributed by atoms with van der Waals surface area (Å²) < 4.78 is 10.8. The molecule has 1 saturated carbocycles. The molecule has 18 heavy (non-hydrogen) atoms. The molecule has 1 aromatic rings. The van der Waals surface area contributed by atoms with Gasteiger partial charge in [-0.15, -0.1) is 0 Å². The van der Waals surface area contributed by atoms with Gasteiger partial charge in [-0.05, 0) is 25.8 Å². The van der Waals surface area contributed by atoms with Crippen molar-refractivity contribution in [1.82, 2.24) is 5.32 Å². The standard InChI is InChI=1S/C13H18N2O3/c1-7-5-8(6-18-7)13(16)15-11-10(14)9-3-2-4-17-12(9)11/h5-6,9-12H,2-4,14H2,1H3,(H,15,16). The third-order valence-corrected chi connectivity index (χ3v) is 3.97. The lowest BCUT2D eigenvalue weighted by Crippen LogP contribution is -2.72. The van der Waals surface area contributed by atoms with E-state index in [2.05, 4.69) is 5.32 Å². The quantitative estimate of drug-likeness (QED) is 0.814. The lowest BCUT2D eigenvalue weighted by molar-refractivity contribution is -0.117. The molecule has 0 aromatic carbocycles. The van der Waals surface area contributed by atoms with Gasteiger partial charge in [-0.1, -0.05) is 0 Å². The van der Waals surface area contributed by atoms with Crippen molar-refractivity contribution < 1.29 is 13.9 Å². The number of nitrogens with one attached hydrogen (secondary N) is 1. The molecule has 5 heteroatoms. The van der Waals surface area contributed by atoms with Crippen LogP contribution in [0.25, 0.3) is 0 Å². The Bertz CT molecular complexity index is 457. The summed E-state index contributed by atoms with van der Waals surface area (Å²) in [4.78, 5) is 12.0. The highest BCUT2D eigenvalue weighted by atomic mass is 16.5. The number of amides is 1. The minimum atomic E-state index is -0.139. The van der Waals surface area contributed by atoms with Crippen LogP contribution in [0.3, 0.4) is 0 Å². The number of hydrogen-bond acceptors (Lipinski definition) is 4. The topological polar surface area (TPSA) is 77.5 Å². The molecule has 2 aliphatic rings. The van der Waals surface area contributed by atoms with Crippen LogP contribution in [-0.2, 0) is 4.74 Å². The maximum Gasteiger partial charge on any atom is 0.254 e. The van der Waals surface area contributed by atoms with Gasteiger partial charge in [-0.3, -0.25) is 4.79 Å². The van der Waals surface area contributed by atoms with Crippen molar-refractivity contribution in [2.45, 2.75) is 38.0 Å². The van der Waals surface area contributed by atoms with Crippen molar-refractivity contribution in [3.8, 4) is 0 Å². The maximum atomic E-state index is 12.0. The average molecular weight is 250 g/mol. The minimum Gasteiger partial charge on any atom is -0.469 e. The van der Waals surface area contributed by atoms with Gasteiger partial charge in [0.1, 0.15) is 12.0 Å². The van der Waals surface area contributed by atoms with Gasteiger partial charge in [-0.25, -0.2) is 0 Å². The fourth-order valence-corrected chi connectivity index (χ4v) is 2.92. The molecule has 4 atom stereocenters. The van der Waals surface area contributed by atoms with E-state index in [-0.39, 0.29) is 24.1 Å². The zero-order chi connectivity index (χ0) is 12.7. The van der Waals surface area contributed by atoms with Crippen molar-refractivity contribution in [3.05, 3.63) is 23.7 Å². The molecule has 1 aliphatic carbocycles. The number of rotatable bonds is 2. The van der Waals surface area contributed by atoms with Crippen LogP contribution in [0.4, 0.5) is 0 Å². The van der Waals surface area contributed by atoms with Gasteiger partial charge >= 0.3 is 0 Å². The second-order valence-electron chi connectivity index (χ2n) is 5.16. The van der Waals surface area contributed by atoms with E-state index in [1.165, 1.54) is 6.26 Å². The summed E-state index contributed by atoms with van der Waals surface area (Å²) in [5.74, 6) is 0.986. The summed E-state index contributed by atoms with van der Waals surface area (Å²) in [6.45, 7) is 2.58. The van der Waals surface area contributed by atoms with Crippen molar-refractivity contribution >= 4 is 5.91 Å². The molecule has 1 aromatic heterocycles.